The molecule has 147 valence electrons. The molecular weight excluding hydrogens is 344 g/mol. The molecule has 27 heavy (non-hydrogen) atoms. The SMILES string of the molecule is COC(CN(Cc1cccnc1)C(C)=O)CN1[C@@H]2C[CH]C[C@@]1(C(N)=O)CC2. The van der Waals surface area contributed by atoms with Crippen LogP contribution >= 0.6 is 0 Å². The first-order valence-electron chi connectivity index (χ1n) is 9.52. The quantitative estimate of drug-likeness (QED) is 0.738. The van der Waals surface area contributed by atoms with Crippen molar-refractivity contribution in [2.45, 2.75) is 56.8 Å². The standard InChI is InChI=1S/C20H29N4O3/c1-15(25)23(12-16-5-4-10-22-11-16)13-18(27-2)14-24-17-6-3-8-20(24,9-7-17)19(21)26/h3-5,10-11,17-18H,6-9,12-14H2,1-2H3,(H2,21,26)/t17-,18?,20+/m1/s1. The Morgan fingerprint density at radius 3 is 2.96 bits per heavy atom. The number of fused-ring (bicyclic) bond motifs is 2. The van der Waals surface area contributed by atoms with E-state index in [1.54, 1.807) is 31.3 Å². The highest BCUT2D eigenvalue weighted by Gasteiger charge is 2.53. The summed E-state index contributed by atoms with van der Waals surface area (Å²) in [7, 11) is 1.65. The van der Waals surface area contributed by atoms with Gasteiger partial charge in [-0.3, -0.25) is 19.5 Å². The molecule has 2 amide bonds. The average Bonchev–Trinajstić information content (AvgIpc) is 2.85. The Balaban J connectivity index is 1.70. The number of ether oxygens (including phenoxy) is 1. The maximum absolute atomic E-state index is 12.2. The van der Waals surface area contributed by atoms with Gasteiger partial charge in [0, 0.05) is 52.1 Å². The van der Waals surface area contributed by atoms with Gasteiger partial charge >= 0.3 is 0 Å². The maximum Gasteiger partial charge on any atom is 0.237 e. The zero-order chi connectivity index (χ0) is 19.4. The molecule has 1 aromatic rings. The Hall–Kier alpha value is -1.99. The van der Waals surface area contributed by atoms with Gasteiger partial charge < -0.3 is 15.4 Å². The van der Waals surface area contributed by atoms with Crippen LogP contribution in [-0.4, -0.2) is 64.5 Å². The molecule has 0 aliphatic carbocycles. The summed E-state index contributed by atoms with van der Waals surface area (Å²) in [5, 5.41) is 0. The van der Waals surface area contributed by atoms with Crippen LogP contribution in [0.5, 0.6) is 0 Å². The van der Waals surface area contributed by atoms with Crippen LogP contribution in [0.15, 0.2) is 24.5 Å². The lowest BCUT2D eigenvalue weighted by Crippen LogP contribution is -2.60. The average molecular weight is 373 g/mol. The lowest BCUT2D eigenvalue weighted by atomic mass is 9.87. The highest BCUT2D eigenvalue weighted by atomic mass is 16.5. The van der Waals surface area contributed by atoms with Crippen LogP contribution in [0.2, 0.25) is 0 Å². The van der Waals surface area contributed by atoms with Crippen LogP contribution in [0.1, 0.15) is 38.2 Å². The van der Waals surface area contributed by atoms with Gasteiger partial charge in [0.2, 0.25) is 11.8 Å². The van der Waals surface area contributed by atoms with Gasteiger partial charge in [0.25, 0.3) is 0 Å². The fourth-order valence-electron chi connectivity index (χ4n) is 4.41. The third kappa shape index (κ3) is 4.14. The molecule has 2 fully saturated rings. The van der Waals surface area contributed by atoms with E-state index in [9.17, 15) is 9.59 Å². The van der Waals surface area contributed by atoms with E-state index in [-0.39, 0.29) is 17.9 Å². The normalized spacial score (nSPS) is 25.9. The molecule has 7 nitrogen and oxygen atoms in total. The highest BCUT2D eigenvalue weighted by Crippen LogP contribution is 2.43. The molecule has 2 aliphatic rings. The number of pyridine rings is 1. The smallest absolute Gasteiger partial charge is 0.237 e. The summed E-state index contributed by atoms with van der Waals surface area (Å²) >= 11 is 0. The van der Waals surface area contributed by atoms with Crippen LogP contribution in [0.4, 0.5) is 0 Å². The molecule has 2 saturated heterocycles. The third-order valence-electron chi connectivity index (χ3n) is 5.96. The monoisotopic (exact) mass is 373 g/mol. The molecule has 0 aromatic carbocycles. The van der Waals surface area contributed by atoms with E-state index in [0.717, 1.165) is 24.8 Å². The zero-order valence-electron chi connectivity index (χ0n) is 16.1. The van der Waals surface area contributed by atoms with Crippen molar-refractivity contribution in [1.29, 1.82) is 0 Å². The number of hydrogen-bond donors (Lipinski definition) is 1. The molecule has 2 N–H and O–H groups in total. The van der Waals surface area contributed by atoms with Crippen molar-refractivity contribution >= 4 is 11.8 Å². The maximum atomic E-state index is 12.2. The molecule has 0 spiro atoms. The van der Waals surface area contributed by atoms with Crippen LogP contribution < -0.4 is 5.73 Å². The van der Waals surface area contributed by atoms with E-state index in [4.69, 9.17) is 10.5 Å². The van der Waals surface area contributed by atoms with Gasteiger partial charge in [0.15, 0.2) is 0 Å². The Bertz CT molecular complexity index is 664. The van der Waals surface area contributed by atoms with Gasteiger partial charge in [-0.1, -0.05) is 6.07 Å². The molecule has 2 bridgehead atoms. The fourth-order valence-corrected chi connectivity index (χ4v) is 4.41. The number of nitrogens with two attached hydrogens (primary N) is 1. The second-order valence-electron chi connectivity index (χ2n) is 7.59. The summed E-state index contributed by atoms with van der Waals surface area (Å²) in [6.45, 7) is 3.10. The molecule has 1 radical (unpaired) electrons. The summed E-state index contributed by atoms with van der Waals surface area (Å²) in [6.07, 6.45) is 8.91. The molecule has 3 rings (SSSR count). The van der Waals surface area contributed by atoms with E-state index in [1.807, 2.05) is 12.1 Å². The van der Waals surface area contributed by atoms with Crippen LogP contribution in [0.25, 0.3) is 0 Å². The number of primary amides is 1. The van der Waals surface area contributed by atoms with Crippen molar-refractivity contribution in [2.24, 2.45) is 5.73 Å². The third-order valence-corrected chi connectivity index (χ3v) is 5.96. The molecule has 0 saturated carbocycles. The first-order valence-corrected chi connectivity index (χ1v) is 9.52. The molecule has 3 heterocycles. The number of nitrogens with zero attached hydrogens (tertiary/aromatic N) is 3. The predicted molar refractivity (Wildman–Crippen MR) is 101 cm³/mol. The minimum absolute atomic E-state index is 0.0135. The van der Waals surface area contributed by atoms with E-state index in [2.05, 4.69) is 16.3 Å². The van der Waals surface area contributed by atoms with E-state index >= 15 is 0 Å². The molecule has 7 heteroatoms. The molecular formula is C20H29N4O3. The van der Waals surface area contributed by atoms with Crippen molar-refractivity contribution in [3.05, 3.63) is 36.5 Å². The topological polar surface area (TPSA) is 88.8 Å². The number of aromatic nitrogens is 1. The predicted octanol–water partition coefficient (Wildman–Crippen LogP) is 1.13. The minimum atomic E-state index is -0.593. The van der Waals surface area contributed by atoms with Crippen molar-refractivity contribution in [2.75, 3.05) is 20.2 Å². The Labute approximate surface area is 160 Å². The van der Waals surface area contributed by atoms with E-state index in [1.165, 1.54) is 0 Å². The Morgan fingerprint density at radius 1 is 1.52 bits per heavy atom. The molecule has 1 unspecified atom stereocenters. The summed E-state index contributed by atoms with van der Waals surface area (Å²) in [5.41, 5.74) is 6.17. The van der Waals surface area contributed by atoms with E-state index in [0.29, 0.717) is 32.1 Å². The number of carbonyl (C=O) groups is 2. The summed E-state index contributed by atoms with van der Waals surface area (Å²) < 4.78 is 5.71. The second kappa shape index (κ2) is 8.35. The number of methoxy groups -OCH3 is 1. The van der Waals surface area contributed by atoms with Crippen LogP contribution in [-0.2, 0) is 20.9 Å². The lowest BCUT2D eigenvalue weighted by molar-refractivity contribution is -0.135. The number of rotatable bonds is 8. The number of carbonyl (C=O) groups excluding carboxylic acids is 2. The number of hydrogen-bond acceptors (Lipinski definition) is 5. The molecule has 3 atom stereocenters. The molecule has 2 aliphatic heterocycles. The van der Waals surface area contributed by atoms with Gasteiger partial charge in [0.05, 0.1) is 6.10 Å². The number of piperidine rings is 1. The van der Waals surface area contributed by atoms with E-state index < -0.39 is 5.54 Å². The van der Waals surface area contributed by atoms with Gasteiger partial charge in [-0.05, 0) is 43.7 Å². The summed E-state index contributed by atoms with van der Waals surface area (Å²) in [6, 6.07) is 4.14. The van der Waals surface area contributed by atoms with Crippen LogP contribution in [0.3, 0.4) is 0 Å². The molecule has 1 aromatic heterocycles. The van der Waals surface area contributed by atoms with Crippen molar-refractivity contribution in [3.8, 4) is 0 Å². The first kappa shape index (κ1) is 19.8. The van der Waals surface area contributed by atoms with Gasteiger partial charge in [0.1, 0.15) is 5.54 Å². The Morgan fingerprint density at radius 2 is 2.33 bits per heavy atom. The number of amides is 2. The van der Waals surface area contributed by atoms with Crippen molar-refractivity contribution in [3.63, 3.8) is 0 Å². The van der Waals surface area contributed by atoms with Gasteiger partial charge in [-0.15, -0.1) is 0 Å². The van der Waals surface area contributed by atoms with Gasteiger partial charge in [-0.25, -0.2) is 0 Å². The van der Waals surface area contributed by atoms with Crippen molar-refractivity contribution < 1.29 is 14.3 Å². The van der Waals surface area contributed by atoms with Gasteiger partial charge in [-0.2, -0.15) is 0 Å². The van der Waals surface area contributed by atoms with Crippen molar-refractivity contribution in [1.82, 2.24) is 14.8 Å². The second-order valence-corrected chi connectivity index (χ2v) is 7.59. The van der Waals surface area contributed by atoms with Crippen LogP contribution in [0, 0.1) is 6.42 Å². The lowest BCUT2D eigenvalue weighted by Gasteiger charge is -2.44. The largest absolute Gasteiger partial charge is 0.378 e. The zero-order valence-corrected chi connectivity index (χ0v) is 16.1. The highest BCUT2D eigenvalue weighted by molar-refractivity contribution is 5.85. The fraction of sp³-hybridized carbons (Fsp3) is 0.600. The summed E-state index contributed by atoms with van der Waals surface area (Å²) in [5.74, 6) is -0.268. The summed E-state index contributed by atoms with van der Waals surface area (Å²) in [4.78, 5) is 32.5. The Kier molecular flexibility index (Phi) is 6.11. The minimum Gasteiger partial charge on any atom is -0.378 e. The first-order chi connectivity index (χ1) is 13.0.